The molecule has 0 unspecified atom stereocenters. The Kier molecular flexibility index (Phi) is 3.62. The quantitative estimate of drug-likeness (QED) is 0.697. The van der Waals surface area contributed by atoms with Crippen molar-refractivity contribution in [3.8, 4) is 0 Å². The number of carbonyl (C=O) groups is 1. The van der Waals surface area contributed by atoms with Crippen molar-refractivity contribution in [2.75, 3.05) is 0 Å². The number of ketones is 1. The number of hydrogen-bond donors (Lipinski definition) is 1. The maximum absolute atomic E-state index is 12.3. The average molecular weight is 291 g/mol. The van der Waals surface area contributed by atoms with E-state index in [4.69, 9.17) is 0 Å². The number of carbonyl (C=O) groups excluding carboxylic acids is 1. The Hall–Kier alpha value is -3.08. The second-order valence-electron chi connectivity index (χ2n) is 4.81. The van der Waals surface area contributed by atoms with E-state index in [1.165, 1.54) is 0 Å². The van der Waals surface area contributed by atoms with Crippen molar-refractivity contribution in [1.29, 1.82) is 0 Å². The number of rotatable bonds is 3. The first-order chi connectivity index (χ1) is 10.7. The number of allylic oxidation sites excluding steroid dienone is 1. The monoisotopic (exact) mass is 291 g/mol. The largest absolute Gasteiger partial charge is 0.506 e. The van der Waals surface area contributed by atoms with Gasteiger partial charge in [-0.25, -0.2) is 0 Å². The van der Waals surface area contributed by atoms with Crippen LogP contribution in [-0.4, -0.2) is 27.8 Å². The van der Waals surface area contributed by atoms with Crippen LogP contribution in [0.15, 0.2) is 64.6 Å². The molecule has 0 radical (unpaired) electrons. The highest BCUT2D eigenvalue weighted by molar-refractivity contribution is 6.35. The Morgan fingerprint density at radius 2 is 1.95 bits per heavy atom. The maximum atomic E-state index is 12.3. The molecule has 1 aliphatic carbocycles. The number of nitrogens with zero attached hydrogens (tertiary/aromatic N) is 3. The molecular formula is C17H13N3O2. The SMILES string of the molecule is CC(=N/N=C\c1cccnc1)C1=C(O)c2ccccc2C1=O. The van der Waals surface area contributed by atoms with Crippen molar-refractivity contribution in [1.82, 2.24) is 4.98 Å². The minimum absolute atomic E-state index is 0.0431. The van der Waals surface area contributed by atoms with Gasteiger partial charge >= 0.3 is 0 Å². The zero-order valence-corrected chi connectivity index (χ0v) is 11.9. The second kappa shape index (κ2) is 5.73. The lowest BCUT2D eigenvalue weighted by Crippen LogP contribution is -2.07. The number of hydrogen-bond acceptors (Lipinski definition) is 5. The van der Waals surface area contributed by atoms with Gasteiger partial charge in [-0.05, 0) is 13.0 Å². The smallest absolute Gasteiger partial charge is 0.199 e. The highest BCUT2D eigenvalue weighted by atomic mass is 16.3. The van der Waals surface area contributed by atoms with Crippen LogP contribution >= 0.6 is 0 Å². The Labute approximate surface area is 127 Å². The predicted molar refractivity (Wildman–Crippen MR) is 85.3 cm³/mol. The Morgan fingerprint density at radius 1 is 1.18 bits per heavy atom. The lowest BCUT2D eigenvalue weighted by Gasteiger charge is -1.98. The molecule has 1 aliphatic rings. The molecular weight excluding hydrogens is 278 g/mol. The molecule has 0 bridgehead atoms. The van der Waals surface area contributed by atoms with Gasteiger partial charge in [0.15, 0.2) is 5.78 Å². The fourth-order valence-corrected chi connectivity index (χ4v) is 2.28. The minimum atomic E-state index is -0.231. The standard InChI is InChI=1S/C17H13N3O2/c1-11(20-19-10-12-5-4-8-18-9-12)15-16(21)13-6-2-3-7-14(13)17(15)22/h2-10,21H,1H3/b19-10-,20-11?. The third kappa shape index (κ3) is 2.44. The summed E-state index contributed by atoms with van der Waals surface area (Å²) in [4.78, 5) is 16.3. The summed E-state index contributed by atoms with van der Waals surface area (Å²) in [6, 6.07) is 10.6. The fraction of sp³-hybridized carbons (Fsp3) is 0.0588. The molecule has 0 aliphatic heterocycles. The third-order valence-corrected chi connectivity index (χ3v) is 3.35. The lowest BCUT2D eigenvalue weighted by molar-refractivity contribution is 0.104. The first kappa shape index (κ1) is 13.9. The molecule has 1 heterocycles. The van der Waals surface area contributed by atoms with E-state index < -0.39 is 0 Å². The lowest BCUT2D eigenvalue weighted by atomic mass is 10.1. The second-order valence-corrected chi connectivity index (χ2v) is 4.81. The number of aliphatic hydroxyl groups is 1. The summed E-state index contributed by atoms with van der Waals surface area (Å²) >= 11 is 0. The number of aromatic nitrogens is 1. The van der Waals surface area contributed by atoms with Gasteiger partial charge in [-0.3, -0.25) is 9.78 Å². The molecule has 0 spiro atoms. The molecule has 0 saturated heterocycles. The summed E-state index contributed by atoms with van der Waals surface area (Å²) in [5.74, 6) is -0.274. The highest BCUT2D eigenvalue weighted by Gasteiger charge is 2.30. The van der Waals surface area contributed by atoms with Gasteiger partial charge in [0.1, 0.15) is 5.76 Å². The van der Waals surface area contributed by atoms with E-state index in [9.17, 15) is 9.90 Å². The van der Waals surface area contributed by atoms with Crippen LogP contribution in [0.25, 0.3) is 5.76 Å². The zero-order valence-electron chi connectivity index (χ0n) is 11.9. The van der Waals surface area contributed by atoms with Crippen molar-refractivity contribution in [2.45, 2.75) is 6.92 Å². The van der Waals surface area contributed by atoms with E-state index in [2.05, 4.69) is 15.2 Å². The van der Waals surface area contributed by atoms with Gasteiger partial charge in [-0.15, -0.1) is 0 Å². The summed E-state index contributed by atoms with van der Waals surface area (Å²) in [6.07, 6.45) is 4.87. The normalized spacial score (nSPS) is 14.8. The van der Waals surface area contributed by atoms with Gasteiger partial charge < -0.3 is 5.11 Å². The molecule has 1 N–H and O–H groups in total. The molecule has 0 atom stereocenters. The number of fused-ring (bicyclic) bond motifs is 1. The fourth-order valence-electron chi connectivity index (χ4n) is 2.28. The summed E-state index contributed by atoms with van der Waals surface area (Å²) in [5, 5.41) is 18.2. The summed E-state index contributed by atoms with van der Waals surface area (Å²) in [6.45, 7) is 1.65. The van der Waals surface area contributed by atoms with Gasteiger partial charge in [0.2, 0.25) is 0 Å². The molecule has 1 aromatic heterocycles. The van der Waals surface area contributed by atoms with Crippen LogP contribution in [0, 0.1) is 0 Å². The van der Waals surface area contributed by atoms with Gasteiger partial charge in [0.25, 0.3) is 0 Å². The van der Waals surface area contributed by atoms with Crippen LogP contribution < -0.4 is 0 Å². The molecule has 22 heavy (non-hydrogen) atoms. The van der Waals surface area contributed by atoms with Crippen molar-refractivity contribution in [3.05, 3.63) is 71.1 Å². The van der Waals surface area contributed by atoms with E-state index in [0.717, 1.165) is 5.56 Å². The van der Waals surface area contributed by atoms with Crippen molar-refractivity contribution in [2.24, 2.45) is 10.2 Å². The van der Waals surface area contributed by atoms with Crippen LogP contribution in [0.1, 0.15) is 28.4 Å². The number of aliphatic hydroxyl groups excluding tert-OH is 1. The van der Waals surface area contributed by atoms with Crippen molar-refractivity contribution < 1.29 is 9.90 Å². The van der Waals surface area contributed by atoms with Crippen LogP contribution in [0.3, 0.4) is 0 Å². The van der Waals surface area contributed by atoms with E-state index in [1.807, 2.05) is 6.07 Å². The molecule has 5 heteroatoms. The topological polar surface area (TPSA) is 74.9 Å². The summed E-state index contributed by atoms with van der Waals surface area (Å²) in [7, 11) is 0. The van der Waals surface area contributed by atoms with Crippen molar-refractivity contribution in [3.63, 3.8) is 0 Å². The third-order valence-electron chi connectivity index (χ3n) is 3.35. The van der Waals surface area contributed by atoms with E-state index in [-0.39, 0.29) is 17.1 Å². The van der Waals surface area contributed by atoms with E-state index >= 15 is 0 Å². The molecule has 108 valence electrons. The zero-order chi connectivity index (χ0) is 15.5. The molecule has 0 amide bonds. The number of Topliss-reactive ketones (excluding diaryl/α,β-unsaturated/α-hetero) is 1. The number of pyridine rings is 1. The molecule has 2 aromatic rings. The molecule has 0 fully saturated rings. The highest BCUT2D eigenvalue weighted by Crippen LogP contribution is 2.31. The predicted octanol–water partition coefficient (Wildman–Crippen LogP) is 3.04. The Morgan fingerprint density at radius 3 is 2.64 bits per heavy atom. The van der Waals surface area contributed by atoms with Crippen molar-refractivity contribution >= 4 is 23.5 Å². The summed E-state index contributed by atoms with van der Waals surface area (Å²) in [5.41, 5.74) is 2.40. The van der Waals surface area contributed by atoms with Gasteiger partial charge in [0, 0.05) is 29.1 Å². The summed E-state index contributed by atoms with van der Waals surface area (Å²) < 4.78 is 0. The molecule has 5 nitrogen and oxygen atoms in total. The van der Waals surface area contributed by atoms with Gasteiger partial charge in [-0.2, -0.15) is 10.2 Å². The molecule has 0 saturated carbocycles. The van der Waals surface area contributed by atoms with E-state index in [1.54, 1.807) is 55.9 Å². The average Bonchev–Trinajstić information content (AvgIpc) is 2.80. The van der Waals surface area contributed by atoms with Crippen LogP contribution in [0.4, 0.5) is 0 Å². The minimum Gasteiger partial charge on any atom is -0.506 e. The first-order valence-electron chi connectivity index (χ1n) is 6.74. The van der Waals surface area contributed by atoms with Crippen LogP contribution in [0.2, 0.25) is 0 Å². The Bertz CT molecular complexity index is 821. The van der Waals surface area contributed by atoms with Gasteiger partial charge in [-0.1, -0.05) is 30.3 Å². The number of benzene rings is 1. The molecule has 1 aromatic carbocycles. The van der Waals surface area contributed by atoms with Crippen LogP contribution in [-0.2, 0) is 0 Å². The van der Waals surface area contributed by atoms with Gasteiger partial charge in [0.05, 0.1) is 17.5 Å². The first-order valence-corrected chi connectivity index (χ1v) is 6.74. The van der Waals surface area contributed by atoms with Crippen LogP contribution in [0.5, 0.6) is 0 Å². The maximum Gasteiger partial charge on any atom is 0.199 e. The Balaban J connectivity index is 1.89. The molecule has 3 rings (SSSR count). The van der Waals surface area contributed by atoms with E-state index in [0.29, 0.717) is 16.8 Å².